The van der Waals surface area contributed by atoms with E-state index in [1.807, 2.05) is 0 Å². The maximum Gasteiger partial charge on any atom is 0.119 e. The van der Waals surface area contributed by atoms with E-state index in [0.29, 0.717) is 6.17 Å². The summed E-state index contributed by atoms with van der Waals surface area (Å²) in [5, 5.41) is 8.67. The smallest absolute Gasteiger partial charge is 0.119 e. The van der Waals surface area contributed by atoms with Gasteiger partial charge in [0.1, 0.15) is 18.5 Å². The van der Waals surface area contributed by atoms with Gasteiger partial charge < -0.3 is 0 Å². The largest absolute Gasteiger partial charge is 0.276 e. The monoisotopic (exact) mass is 313 g/mol. The van der Waals surface area contributed by atoms with Crippen LogP contribution in [0.4, 0.5) is 0 Å². The van der Waals surface area contributed by atoms with Gasteiger partial charge in [0.2, 0.25) is 0 Å². The lowest BCUT2D eigenvalue weighted by Crippen LogP contribution is -2.27. The van der Waals surface area contributed by atoms with Crippen LogP contribution in [0.3, 0.4) is 0 Å². The minimum atomic E-state index is 0.210. The molecule has 0 bridgehead atoms. The van der Waals surface area contributed by atoms with Crippen LogP contribution in [-0.2, 0) is 0 Å². The first-order valence-electron chi connectivity index (χ1n) is 8.41. The van der Waals surface area contributed by atoms with Gasteiger partial charge in [-0.15, -0.1) is 0 Å². The van der Waals surface area contributed by atoms with E-state index < -0.39 is 0 Å². The molecule has 3 heteroatoms. The van der Waals surface area contributed by atoms with Crippen molar-refractivity contribution in [3.05, 3.63) is 108 Å². The van der Waals surface area contributed by atoms with Gasteiger partial charge >= 0.3 is 0 Å². The standard InChI is InChI=1S/C21H19N3/c1-4-10-16(11-5-1)19-22-20(17-12-6-2-7-13-17)24-21(23(19)24)18-14-8-3-9-15-18/h1-15,19-22H/t19-,20+,21?,23?,24?. The van der Waals surface area contributed by atoms with Crippen LogP contribution in [0.25, 0.3) is 0 Å². The molecule has 3 unspecified atom stereocenters. The number of hydrazine groups is 1. The fourth-order valence-corrected chi connectivity index (χ4v) is 3.75. The molecule has 5 atom stereocenters. The molecule has 118 valence electrons. The van der Waals surface area contributed by atoms with Gasteiger partial charge in [0.05, 0.1) is 0 Å². The summed E-state index contributed by atoms with van der Waals surface area (Å²) < 4.78 is 0. The van der Waals surface area contributed by atoms with Gasteiger partial charge in [0, 0.05) is 0 Å². The van der Waals surface area contributed by atoms with Crippen molar-refractivity contribution in [3.8, 4) is 0 Å². The average molecular weight is 313 g/mol. The Morgan fingerprint density at radius 3 is 1.29 bits per heavy atom. The van der Waals surface area contributed by atoms with Crippen LogP contribution in [0, 0.1) is 0 Å². The Kier molecular flexibility index (Phi) is 3.23. The van der Waals surface area contributed by atoms with Crippen LogP contribution >= 0.6 is 0 Å². The number of benzene rings is 3. The zero-order valence-electron chi connectivity index (χ0n) is 13.3. The molecule has 3 aromatic carbocycles. The normalized spacial score (nSPS) is 30.8. The second-order valence-corrected chi connectivity index (χ2v) is 6.34. The van der Waals surface area contributed by atoms with Crippen LogP contribution < -0.4 is 5.32 Å². The Bertz CT molecular complexity index is 768. The number of fused-ring (bicyclic) bond motifs is 1. The van der Waals surface area contributed by atoms with Crippen molar-refractivity contribution in [2.45, 2.75) is 18.5 Å². The molecular formula is C21H19N3. The van der Waals surface area contributed by atoms with Gasteiger partial charge in [-0.2, -0.15) is 10.0 Å². The van der Waals surface area contributed by atoms with E-state index in [4.69, 9.17) is 0 Å². The van der Waals surface area contributed by atoms with Gasteiger partial charge in [-0.25, -0.2) is 0 Å². The fraction of sp³-hybridized carbons (Fsp3) is 0.143. The summed E-state index contributed by atoms with van der Waals surface area (Å²) in [6, 6.07) is 32.1. The lowest BCUT2D eigenvalue weighted by Gasteiger charge is -2.20. The van der Waals surface area contributed by atoms with Crippen LogP contribution in [0.15, 0.2) is 91.0 Å². The minimum Gasteiger partial charge on any atom is -0.276 e. The predicted octanol–water partition coefficient (Wildman–Crippen LogP) is 4.22. The average Bonchev–Trinajstić information content (AvgIpc) is 3.28. The molecule has 3 aromatic rings. The first-order valence-corrected chi connectivity index (χ1v) is 8.41. The highest BCUT2D eigenvalue weighted by atomic mass is 15.9. The van der Waals surface area contributed by atoms with Crippen molar-refractivity contribution >= 4 is 0 Å². The Labute approximate surface area is 142 Å². The summed E-state index contributed by atoms with van der Waals surface area (Å²) in [4.78, 5) is 0. The van der Waals surface area contributed by atoms with Crippen molar-refractivity contribution in [2.75, 3.05) is 0 Å². The van der Waals surface area contributed by atoms with Crippen molar-refractivity contribution in [1.29, 1.82) is 0 Å². The van der Waals surface area contributed by atoms with Gasteiger partial charge in [0.25, 0.3) is 0 Å². The van der Waals surface area contributed by atoms with Gasteiger partial charge in [-0.3, -0.25) is 5.32 Å². The highest BCUT2D eigenvalue weighted by Crippen LogP contribution is 2.56. The molecule has 0 aromatic heterocycles. The lowest BCUT2D eigenvalue weighted by atomic mass is 10.1. The third kappa shape index (κ3) is 2.18. The molecule has 2 fully saturated rings. The molecule has 24 heavy (non-hydrogen) atoms. The molecule has 1 N–H and O–H groups in total. The SMILES string of the molecule is c1ccc(C2N3[C@@H](c4ccccc4)N[C@@H](c4ccccc4)N23)cc1. The summed E-state index contributed by atoms with van der Waals surface area (Å²) in [6.07, 6.45) is 0.756. The van der Waals surface area contributed by atoms with Crippen molar-refractivity contribution < 1.29 is 0 Å². The number of nitrogens with zero attached hydrogens (tertiary/aromatic N) is 2. The Balaban J connectivity index is 1.53. The Morgan fingerprint density at radius 2 is 0.875 bits per heavy atom. The van der Waals surface area contributed by atoms with Gasteiger partial charge in [-0.05, 0) is 16.7 Å². The molecule has 0 radical (unpaired) electrons. The fourth-order valence-electron chi connectivity index (χ4n) is 3.75. The summed E-state index contributed by atoms with van der Waals surface area (Å²) >= 11 is 0. The third-order valence-corrected chi connectivity index (χ3v) is 4.89. The number of hydrogen-bond acceptors (Lipinski definition) is 3. The van der Waals surface area contributed by atoms with E-state index >= 15 is 0 Å². The highest BCUT2D eigenvalue weighted by molar-refractivity contribution is 5.31. The third-order valence-electron chi connectivity index (χ3n) is 4.89. The Morgan fingerprint density at radius 1 is 0.500 bits per heavy atom. The topological polar surface area (TPSA) is 18.0 Å². The second-order valence-electron chi connectivity index (χ2n) is 6.34. The van der Waals surface area contributed by atoms with Crippen molar-refractivity contribution in [2.24, 2.45) is 0 Å². The first kappa shape index (κ1) is 13.9. The molecule has 0 spiro atoms. The zero-order chi connectivity index (χ0) is 15.9. The molecule has 0 aliphatic carbocycles. The number of nitrogens with one attached hydrogen (secondary N) is 1. The molecule has 3 nitrogen and oxygen atoms in total. The van der Waals surface area contributed by atoms with E-state index in [1.54, 1.807) is 0 Å². The van der Waals surface area contributed by atoms with Crippen molar-refractivity contribution in [1.82, 2.24) is 15.3 Å². The molecule has 5 rings (SSSR count). The highest BCUT2D eigenvalue weighted by Gasteiger charge is 2.60. The molecule has 2 heterocycles. The van der Waals surface area contributed by atoms with Gasteiger partial charge in [-0.1, -0.05) is 91.0 Å². The number of hydrogen-bond donors (Lipinski definition) is 1. The quantitative estimate of drug-likeness (QED) is 0.730. The maximum absolute atomic E-state index is 3.77. The molecule has 2 aliphatic heterocycles. The minimum absolute atomic E-state index is 0.210. The van der Waals surface area contributed by atoms with Crippen LogP contribution in [-0.4, -0.2) is 10.0 Å². The molecule has 0 saturated carbocycles. The summed E-state index contributed by atoms with van der Waals surface area (Å²) in [7, 11) is 0. The summed E-state index contributed by atoms with van der Waals surface area (Å²) in [6.45, 7) is 0. The zero-order valence-corrected chi connectivity index (χ0v) is 13.3. The molecule has 2 aliphatic rings. The summed E-state index contributed by atoms with van der Waals surface area (Å²) in [5.74, 6) is 0. The van der Waals surface area contributed by atoms with Gasteiger partial charge in [0.15, 0.2) is 0 Å². The van der Waals surface area contributed by atoms with E-state index in [9.17, 15) is 0 Å². The van der Waals surface area contributed by atoms with Crippen LogP contribution in [0.5, 0.6) is 0 Å². The molecular weight excluding hydrogens is 294 g/mol. The van der Waals surface area contributed by atoms with E-state index in [2.05, 4.69) is 106 Å². The maximum atomic E-state index is 3.77. The first-order chi connectivity index (χ1) is 11.9. The predicted molar refractivity (Wildman–Crippen MR) is 94.4 cm³/mol. The van der Waals surface area contributed by atoms with E-state index in [1.165, 1.54) is 16.7 Å². The van der Waals surface area contributed by atoms with Crippen molar-refractivity contribution in [3.63, 3.8) is 0 Å². The summed E-state index contributed by atoms with van der Waals surface area (Å²) in [5.41, 5.74) is 3.96. The van der Waals surface area contributed by atoms with Crippen LogP contribution in [0.2, 0.25) is 0 Å². The van der Waals surface area contributed by atoms with E-state index in [0.717, 1.165) is 0 Å². The molecule has 2 saturated heterocycles. The molecule has 0 amide bonds. The second kappa shape index (κ2) is 5.56. The van der Waals surface area contributed by atoms with Crippen LogP contribution in [0.1, 0.15) is 35.2 Å². The lowest BCUT2D eigenvalue weighted by molar-refractivity contribution is 0.314. The number of rotatable bonds is 3. The Hall–Kier alpha value is -2.46. The van der Waals surface area contributed by atoms with E-state index in [-0.39, 0.29) is 12.3 Å².